The summed E-state index contributed by atoms with van der Waals surface area (Å²) < 4.78 is 5.45. The van der Waals surface area contributed by atoms with Crippen molar-refractivity contribution in [2.24, 2.45) is 0 Å². The van der Waals surface area contributed by atoms with Gasteiger partial charge in [-0.3, -0.25) is 4.79 Å². The number of nitrogens with zero attached hydrogens (tertiary/aromatic N) is 1. The second kappa shape index (κ2) is 4.77. The number of aromatic nitrogens is 1. The Kier molecular flexibility index (Phi) is 3.17. The Labute approximate surface area is 97.7 Å². The van der Waals surface area contributed by atoms with E-state index in [1.807, 2.05) is 6.07 Å². The fourth-order valence-electron chi connectivity index (χ4n) is 1.21. The molecule has 1 aromatic heterocycles. The molecule has 16 heavy (non-hydrogen) atoms. The Morgan fingerprint density at radius 2 is 2.06 bits per heavy atom. The molecule has 0 aliphatic carbocycles. The molecule has 1 heterocycles. The molecule has 4 heteroatoms. The molecule has 0 saturated carbocycles. The quantitative estimate of drug-likeness (QED) is 0.764. The normalized spacial score (nSPS) is 9.81. The van der Waals surface area contributed by atoms with Gasteiger partial charge in [0, 0.05) is 17.8 Å². The minimum absolute atomic E-state index is 0.398. The van der Waals surface area contributed by atoms with E-state index in [0.717, 1.165) is 0 Å². The van der Waals surface area contributed by atoms with Crippen LogP contribution in [0, 0.1) is 0 Å². The predicted octanol–water partition coefficient (Wildman–Crippen LogP) is 3.25. The number of hydrogen-bond donors (Lipinski definition) is 0. The molecule has 0 saturated heterocycles. The van der Waals surface area contributed by atoms with Crippen molar-refractivity contribution in [3.05, 3.63) is 54.2 Å². The molecule has 0 spiro atoms. The number of carbonyl (C=O) groups is 1. The average Bonchev–Trinajstić information content (AvgIpc) is 2.30. The van der Waals surface area contributed by atoms with Gasteiger partial charge in [0.2, 0.25) is 5.88 Å². The van der Waals surface area contributed by atoms with Crippen molar-refractivity contribution in [2.45, 2.75) is 0 Å². The fourth-order valence-corrected chi connectivity index (χ4v) is 1.33. The van der Waals surface area contributed by atoms with Crippen LogP contribution in [0.5, 0.6) is 11.6 Å². The molecule has 2 rings (SSSR count). The summed E-state index contributed by atoms with van der Waals surface area (Å²) in [6, 6.07) is 12.0. The Balaban J connectivity index is 2.22. The molecule has 0 amide bonds. The smallest absolute Gasteiger partial charge is 0.252 e. The molecule has 0 bridgehead atoms. The number of hydrogen-bond acceptors (Lipinski definition) is 3. The Bertz CT molecular complexity index is 499. The number of rotatable bonds is 3. The molecule has 80 valence electrons. The second-order valence-corrected chi connectivity index (χ2v) is 3.41. The van der Waals surface area contributed by atoms with E-state index in [9.17, 15) is 4.79 Å². The highest BCUT2D eigenvalue weighted by Crippen LogP contribution is 2.20. The molecule has 0 N–H and O–H groups in total. The van der Waals surface area contributed by atoms with Crippen LogP contribution in [0.4, 0.5) is 0 Å². The summed E-state index contributed by atoms with van der Waals surface area (Å²) in [5.74, 6) is 1.01. The largest absolute Gasteiger partial charge is 0.439 e. The van der Waals surface area contributed by atoms with E-state index < -0.39 is 5.24 Å². The van der Waals surface area contributed by atoms with Crippen molar-refractivity contribution in [1.29, 1.82) is 0 Å². The lowest BCUT2D eigenvalue weighted by Crippen LogP contribution is -1.91. The van der Waals surface area contributed by atoms with Gasteiger partial charge in [0.15, 0.2) is 0 Å². The van der Waals surface area contributed by atoms with Crippen LogP contribution >= 0.6 is 11.6 Å². The SMILES string of the molecule is O=C(Cl)c1cccc(Oc2ccccn2)c1. The first kappa shape index (κ1) is 10.6. The first-order valence-corrected chi connectivity index (χ1v) is 5.02. The van der Waals surface area contributed by atoms with E-state index >= 15 is 0 Å². The van der Waals surface area contributed by atoms with Crippen LogP contribution < -0.4 is 4.74 Å². The van der Waals surface area contributed by atoms with Crippen LogP contribution in [0.15, 0.2) is 48.7 Å². The minimum Gasteiger partial charge on any atom is -0.439 e. The zero-order valence-corrected chi connectivity index (χ0v) is 9.02. The highest BCUT2D eigenvalue weighted by Gasteiger charge is 2.03. The molecular weight excluding hydrogens is 226 g/mol. The summed E-state index contributed by atoms with van der Waals surface area (Å²) in [6.45, 7) is 0. The zero-order valence-electron chi connectivity index (χ0n) is 8.26. The third kappa shape index (κ3) is 2.58. The lowest BCUT2D eigenvalue weighted by molar-refractivity contribution is 0.108. The standard InChI is InChI=1S/C12H8ClNO2/c13-12(15)9-4-3-5-10(8-9)16-11-6-1-2-7-14-11/h1-8H. The van der Waals surface area contributed by atoms with Gasteiger partial charge in [-0.05, 0) is 35.9 Å². The summed E-state index contributed by atoms with van der Waals surface area (Å²) in [6.07, 6.45) is 1.63. The molecule has 1 aromatic carbocycles. The van der Waals surface area contributed by atoms with Gasteiger partial charge < -0.3 is 4.74 Å². The maximum Gasteiger partial charge on any atom is 0.252 e. The molecule has 0 atom stereocenters. The first-order chi connectivity index (χ1) is 7.75. The van der Waals surface area contributed by atoms with Gasteiger partial charge in [0.1, 0.15) is 5.75 Å². The minimum atomic E-state index is -0.508. The van der Waals surface area contributed by atoms with E-state index in [0.29, 0.717) is 17.2 Å². The second-order valence-electron chi connectivity index (χ2n) is 3.07. The third-order valence-electron chi connectivity index (χ3n) is 1.92. The van der Waals surface area contributed by atoms with Gasteiger partial charge in [-0.2, -0.15) is 0 Å². The Morgan fingerprint density at radius 3 is 2.75 bits per heavy atom. The van der Waals surface area contributed by atoms with Crippen molar-refractivity contribution >= 4 is 16.8 Å². The van der Waals surface area contributed by atoms with Crippen LogP contribution in [0.1, 0.15) is 10.4 Å². The van der Waals surface area contributed by atoms with Crippen molar-refractivity contribution in [3.63, 3.8) is 0 Å². The molecule has 3 nitrogen and oxygen atoms in total. The van der Waals surface area contributed by atoms with Crippen LogP contribution in [0.2, 0.25) is 0 Å². The lowest BCUT2D eigenvalue weighted by atomic mass is 10.2. The first-order valence-electron chi connectivity index (χ1n) is 4.64. The summed E-state index contributed by atoms with van der Waals surface area (Å²) in [7, 11) is 0. The van der Waals surface area contributed by atoms with E-state index in [2.05, 4.69) is 4.98 Å². The monoisotopic (exact) mass is 233 g/mol. The van der Waals surface area contributed by atoms with E-state index in [4.69, 9.17) is 16.3 Å². The van der Waals surface area contributed by atoms with Crippen LogP contribution in [-0.2, 0) is 0 Å². The third-order valence-corrected chi connectivity index (χ3v) is 2.14. The Morgan fingerprint density at radius 1 is 1.19 bits per heavy atom. The van der Waals surface area contributed by atoms with Crippen molar-refractivity contribution in [2.75, 3.05) is 0 Å². The molecule has 0 radical (unpaired) electrons. The fraction of sp³-hybridized carbons (Fsp3) is 0. The number of ether oxygens (including phenoxy) is 1. The average molecular weight is 234 g/mol. The molecule has 0 aliphatic heterocycles. The van der Waals surface area contributed by atoms with Gasteiger partial charge in [-0.25, -0.2) is 4.98 Å². The highest BCUT2D eigenvalue weighted by atomic mass is 35.5. The highest BCUT2D eigenvalue weighted by molar-refractivity contribution is 6.67. The molecule has 2 aromatic rings. The van der Waals surface area contributed by atoms with Crippen LogP contribution in [-0.4, -0.2) is 10.2 Å². The Hall–Kier alpha value is -1.87. The van der Waals surface area contributed by atoms with Crippen molar-refractivity contribution in [1.82, 2.24) is 4.98 Å². The van der Waals surface area contributed by atoms with Gasteiger partial charge in [-0.15, -0.1) is 0 Å². The number of carbonyl (C=O) groups excluding carboxylic acids is 1. The van der Waals surface area contributed by atoms with Crippen LogP contribution in [0.3, 0.4) is 0 Å². The van der Waals surface area contributed by atoms with Gasteiger partial charge in [-0.1, -0.05) is 12.1 Å². The summed E-state index contributed by atoms with van der Waals surface area (Å²) >= 11 is 5.37. The number of benzene rings is 1. The molecule has 0 unspecified atom stereocenters. The molecule has 0 aliphatic rings. The number of halogens is 1. The maximum absolute atomic E-state index is 10.9. The number of pyridine rings is 1. The topological polar surface area (TPSA) is 39.2 Å². The van der Waals surface area contributed by atoms with E-state index in [1.165, 1.54) is 0 Å². The van der Waals surface area contributed by atoms with E-state index in [1.54, 1.807) is 42.6 Å². The summed E-state index contributed by atoms with van der Waals surface area (Å²) in [4.78, 5) is 15.0. The van der Waals surface area contributed by atoms with E-state index in [-0.39, 0.29) is 0 Å². The van der Waals surface area contributed by atoms with Gasteiger partial charge >= 0.3 is 0 Å². The summed E-state index contributed by atoms with van der Waals surface area (Å²) in [5, 5.41) is -0.508. The summed E-state index contributed by atoms with van der Waals surface area (Å²) in [5.41, 5.74) is 0.398. The predicted molar refractivity (Wildman–Crippen MR) is 60.9 cm³/mol. The van der Waals surface area contributed by atoms with Crippen molar-refractivity contribution in [3.8, 4) is 11.6 Å². The zero-order chi connectivity index (χ0) is 11.4. The molecule has 0 fully saturated rings. The van der Waals surface area contributed by atoms with Gasteiger partial charge in [0.05, 0.1) is 0 Å². The van der Waals surface area contributed by atoms with Gasteiger partial charge in [0.25, 0.3) is 5.24 Å². The maximum atomic E-state index is 10.9. The van der Waals surface area contributed by atoms with Crippen molar-refractivity contribution < 1.29 is 9.53 Å². The van der Waals surface area contributed by atoms with Crippen LogP contribution in [0.25, 0.3) is 0 Å². The molecular formula is C12H8ClNO2. The lowest BCUT2D eigenvalue weighted by Gasteiger charge is -2.04.